The Morgan fingerprint density at radius 3 is 2.33 bits per heavy atom. The molecule has 3 rings (SSSR count). The molecule has 0 unspecified atom stereocenters. The smallest absolute Gasteiger partial charge is 0.347 e. The highest BCUT2D eigenvalue weighted by Crippen LogP contribution is 2.27. The van der Waals surface area contributed by atoms with E-state index in [1.165, 1.54) is 22.9 Å². The van der Waals surface area contributed by atoms with Gasteiger partial charge in [-0.25, -0.2) is 0 Å². The third kappa shape index (κ3) is 2.95. The summed E-state index contributed by atoms with van der Waals surface area (Å²) in [6.07, 6.45) is 2.94. The fourth-order valence-corrected chi connectivity index (χ4v) is 2.36. The number of aromatic nitrogens is 1. The largest absolute Gasteiger partial charge is 1.00 e. The van der Waals surface area contributed by atoms with Gasteiger partial charge in [-0.05, 0) is 6.07 Å². The van der Waals surface area contributed by atoms with Crippen LogP contribution in [0.5, 0.6) is 5.75 Å². The van der Waals surface area contributed by atoms with Crippen LogP contribution in [0.25, 0.3) is 16.5 Å². The topological polar surface area (TPSA) is 110 Å². The van der Waals surface area contributed by atoms with E-state index in [0.29, 0.717) is 10.8 Å². The normalized spacial score (nSPS) is 10.2. The number of nitro groups is 2. The molecular weight excluding hydrogens is 338 g/mol. The summed E-state index contributed by atoms with van der Waals surface area (Å²) in [6.45, 7) is 0. The zero-order chi connectivity index (χ0) is 16.6. The number of nitrogens with zero attached hydrogens (tertiary/aromatic N) is 3. The summed E-state index contributed by atoms with van der Waals surface area (Å²) in [6, 6.07) is 10.4. The molecule has 0 radical (unpaired) electrons. The highest BCUT2D eigenvalue weighted by molar-refractivity contribution is 5.86. The summed E-state index contributed by atoms with van der Waals surface area (Å²) in [4.78, 5) is 20.6. The Balaban J connectivity index is 0.00000208. The van der Waals surface area contributed by atoms with Crippen LogP contribution in [-0.2, 0) is 0 Å². The van der Waals surface area contributed by atoms with Crippen LogP contribution < -0.4 is 17.0 Å². The van der Waals surface area contributed by atoms with Crippen molar-refractivity contribution in [2.75, 3.05) is 0 Å². The van der Waals surface area contributed by atoms with Gasteiger partial charge in [0.1, 0.15) is 6.07 Å². The molecule has 8 nitrogen and oxygen atoms in total. The van der Waals surface area contributed by atoms with Gasteiger partial charge in [0.05, 0.1) is 9.85 Å². The van der Waals surface area contributed by atoms with Gasteiger partial charge in [0.25, 0.3) is 11.4 Å². The lowest BCUT2D eigenvalue weighted by Gasteiger charge is -2.02. The third-order valence-corrected chi connectivity index (χ3v) is 3.42. The first-order valence-electron chi connectivity index (χ1n) is 6.53. The fraction of sp³-hybridized carbons (Fsp3) is 0. The van der Waals surface area contributed by atoms with E-state index in [1.54, 1.807) is 30.5 Å². The number of nitro benzene ring substituents is 2. The van der Waals surface area contributed by atoms with Crippen molar-refractivity contribution >= 4 is 22.1 Å². The lowest BCUT2D eigenvalue weighted by molar-refractivity contribution is -0.599. The molecule has 1 N–H and O–H groups in total. The van der Waals surface area contributed by atoms with E-state index in [0.717, 1.165) is 6.07 Å². The van der Waals surface area contributed by atoms with Gasteiger partial charge in [-0.15, -0.1) is 0 Å². The standard InChI is InChI=1S/C15H9N3O5.ClH/c19-15-9-16(8-10-3-1-2-4-12(10)15)13-6-5-11(17(20)21)7-14(13)18(22)23;/h1-9H;1H. The van der Waals surface area contributed by atoms with Crippen LogP contribution in [0, 0.1) is 20.2 Å². The maximum Gasteiger partial charge on any atom is 0.347 e. The molecule has 0 saturated carbocycles. The molecule has 0 spiro atoms. The van der Waals surface area contributed by atoms with E-state index >= 15 is 0 Å². The van der Waals surface area contributed by atoms with Crippen LogP contribution >= 0.6 is 0 Å². The van der Waals surface area contributed by atoms with Crippen LogP contribution in [0.3, 0.4) is 0 Å². The molecule has 0 aliphatic carbocycles. The predicted molar refractivity (Wildman–Crippen MR) is 80.5 cm³/mol. The molecule has 0 aliphatic rings. The fourth-order valence-electron chi connectivity index (χ4n) is 2.36. The lowest BCUT2D eigenvalue weighted by atomic mass is 10.1. The second-order valence-corrected chi connectivity index (χ2v) is 4.83. The number of pyridine rings is 1. The number of hydrogen-bond acceptors (Lipinski definition) is 5. The Hall–Kier alpha value is -3.26. The maximum atomic E-state index is 11.2. The van der Waals surface area contributed by atoms with Gasteiger partial charge in [-0.1, -0.05) is 18.2 Å². The molecule has 122 valence electrons. The van der Waals surface area contributed by atoms with Gasteiger partial charge in [0.2, 0.25) is 6.20 Å². The molecule has 0 fully saturated rings. The molecule has 2 aromatic carbocycles. The Labute approximate surface area is 141 Å². The first kappa shape index (κ1) is 17.1. The monoisotopic (exact) mass is 347 g/mol. The van der Waals surface area contributed by atoms with E-state index in [2.05, 4.69) is 0 Å². The first-order chi connectivity index (χ1) is 11.0. The number of aromatic hydroxyl groups is 1. The maximum absolute atomic E-state index is 11.2. The molecule has 3 aromatic rings. The zero-order valence-electron chi connectivity index (χ0n) is 12.0. The van der Waals surface area contributed by atoms with Crippen molar-refractivity contribution in [2.24, 2.45) is 0 Å². The van der Waals surface area contributed by atoms with Gasteiger partial charge in [-0.2, -0.15) is 4.57 Å². The zero-order valence-corrected chi connectivity index (χ0v) is 12.8. The summed E-state index contributed by atoms with van der Waals surface area (Å²) in [5.74, 6) is -0.0456. The third-order valence-electron chi connectivity index (χ3n) is 3.42. The number of fused-ring (bicyclic) bond motifs is 1. The second-order valence-electron chi connectivity index (χ2n) is 4.83. The number of hydrogen-bond donors (Lipinski definition) is 1. The van der Waals surface area contributed by atoms with Crippen LogP contribution in [-0.4, -0.2) is 15.0 Å². The van der Waals surface area contributed by atoms with Crippen LogP contribution in [0.2, 0.25) is 0 Å². The Morgan fingerprint density at radius 1 is 0.958 bits per heavy atom. The molecular formula is C15H10ClN3O5. The van der Waals surface area contributed by atoms with Crippen LogP contribution in [0.15, 0.2) is 54.9 Å². The summed E-state index contributed by atoms with van der Waals surface area (Å²) < 4.78 is 1.37. The summed E-state index contributed by atoms with van der Waals surface area (Å²) in [5, 5.41) is 33.4. The van der Waals surface area contributed by atoms with Crippen molar-refractivity contribution in [3.8, 4) is 11.4 Å². The molecule has 0 bridgehead atoms. The summed E-state index contributed by atoms with van der Waals surface area (Å²) in [5.41, 5.74) is -0.661. The minimum atomic E-state index is -0.695. The number of benzene rings is 2. The highest BCUT2D eigenvalue weighted by Gasteiger charge is 2.27. The van der Waals surface area contributed by atoms with Gasteiger partial charge >= 0.3 is 5.69 Å². The number of non-ortho nitro benzene ring substituents is 1. The van der Waals surface area contributed by atoms with E-state index in [9.17, 15) is 25.3 Å². The Kier molecular flexibility index (Phi) is 4.61. The first-order valence-corrected chi connectivity index (χ1v) is 6.53. The van der Waals surface area contributed by atoms with Gasteiger partial charge in [0, 0.05) is 22.9 Å². The summed E-state index contributed by atoms with van der Waals surface area (Å²) in [7, 11) is 0. The molecule has 0 saturated heterocycles. The van der Waals surface area contributed by atoms with E-state index < -0.39 is 15.5 Å². The van der Waals surface area contributed by atoms with Crippen molar-refractivity contribution in [3.05, 3.63) is 75.1 Å². The lowest BCUT2D eigenvalue weighted by Crippen LogP contribution is -3.00. The molecule has 0 aliphatic heterocycles. The average molecular weight is 348 g/mol. The van der Waals surface area contributed by atoms with E-state index in [1.807, 2.05) is 0 Å². The van der Waals surface area contributed by atoms with Crippen LogP contribution in [0.4, 0.5) is 11.4 Å². The molecule has 0 amide bonds. The highest BCUT2D eigenvalue weighted by atomic mass is 35.5. The minimum absolute atomic E-state index is 0. The predicted octanol–water partition coefficient (Wildman–Crippen LogP) is -0.358. The molecule has 0 atom stereocenters. The van der Waals surface area contributed by atoms with Crippen molar-refractivity contribution in [1.29, 1.82) is 0 Å². The van der Waals surface area contributed by atoms with Crippen molar-refractivity contribution in [3.63, 3.8) is 0 Å². The molecule has 1 aromatic heterocycles. The summed E-state index contributed by atoms with van der Waals surface area (Å²) >= 11 is 0. The number of halogens is 1. The van der Waals surface area contributed by atoms with Gasteiger partial charge in [0.15, 0.2) is 11.9 Å². The average Bonchev–Trinajstić information content (AvgIpc) is 2.54. The van der Waals surface area contributed by atoms with E-state index in [-0.39, 0.29) is 29.5 Å². The Morgan fingerprint density at radius 2 is 1.67 bits per heavy atom. The van der Waals surface area contributed by atoms with Gasteiger partial charge < -0.3 is 17.5 Å². The second kappa shape index (κ2) is 6.47. The van der Waals surface area contributed by atoms with E-state index in [4.69, 9.17) is 0 Å². The quantitative estimate of drug-likeness (QED) is 0.395. The van der Waals surface area contributed by atoms with Crippen molar-refractivity contribution < 1.29 is 31.9 Å². The number of rotatable bonds is 3. The minimum Gasteiger partial charge on any atom is -1.00 e. The molecule has 1 heterocycles. The van der Waals surface area contributed by atoms with Crippen LogP contribution in [0.1, 0.15) is 0 Å². The molecule has 9 heteroatoms. The van der Waals surface area contributed by atoms with Crippen molar-refractivity contribution in [1.82, 2.24) is 0 Å². The SMILES string of the molecule is O=[N+]([O-])c1ccc(-[n+]2cc(O)c3ccccc3c2)c([N+](=O)[O-])c1.[Cl-]. The molecule has 24 heavy (non-hydrogen) atoms. The van der Waals surface area contributed by atoms with Gasteiger partial charge in [-0.3, -0.25) is 20.2 Å². The Bertz CT molecular complexity index is 961. The van der Waals surface area contributed by atoms with Crippen molar-refractivity contribution in [2.45, 2.75) is 0 Å².